The maximum Gasteiger partial charge on any atom is 0.135 e. The molecule has 3 N–H and O–H groups in total. The predicted octanol–water partition coefficient (Wildman–Crippen LogP) is 5.77. The molecule has 7 nitrogen and oxygen atoms in total. The molecule has 1 aliphatic rings. The third kappa shape index (κ3) is 4.01. The Kier molecular flexibility index (Phi) is 5.22. The Morgan fingerprint density at radius 3 is 2.77 bits per heavy atom. The normalized spacial score (nSPS) is 13.1. The zero-order chi connectivity index (χ0) is 23.8. The summed E-state index contributed by atoms with van der Waals surface area (Å²) in [5, 5.41) is 11.2. The van der Waals surface area contributed by atoms with Gasteiger partial charge in [-0.1, -0.05) is 24.3 Å². The molecular weight excluding hydrogens is 434 g/mol. The Morgan fingerprint density at radius 2 is 1.91 bits per heavy atom. The molecule has 1 aliphatic carbocycles. The molecule has 0 atom stereocenters. The van der Waals surface area contributed by atoms with Gasteiger partial charge < -0.3 is 10.3 Å². The van der Waals surface area contributed by atoms with E-state index in [9.17, 15) is 0 Å². The fraction of sp³-hybridized carbons (Fsp3) is 0.143. The maximum absolute atomic E-state index is 4.98. The van der Waals surface area contributed by atoms with E-state index < -0.39 is 0 Å². The molecule has 0 amide bonds. The number of hydrogen-bond acceptors (Lipinski definition) is 5. The lowest BCUT2D eigenvalue weighted by Gasteiger charge is -2.10. The van der Waals surface area contributed by atoms with Gasteiger partial charge in [-0.25, -0.2) is 4.98 Å². The fourth-order valence-electron chi connectivity index (χ4n) is 4.48. The summed E-state index contributed by atoms with van der Waals surface area (Å²) in [7, 11) is 0. The predicted molar refractivity (Wildman–Crippen MR) is 140 cm³/mol. The molecule has 5 aromatic heterocycles. The zero-order valence-electron chi connectivity index (χ0n) is 19.6. The van der Waals surface area contributed by atoms with Crippen LogP contribution in [0.15, 0.2) is 79.4 Å². The van der Waals surface area contributed by atoms with Gasteiger partial charge in [-0.2, -0.15) is 5.10 Å². The number of nitrogens with one attached hydrogen (secondary N) is 3. The third-order valence-corrected chi connectivity index (χ3v) is 6.04. The van der Waals surface area contributed by atoms with Crippen LogP contribution in [-0.2, 0) is 6.42 Å². The Balaban J connectivity index is 1.42. The van der Waals surface area contributed by atoms with E-state index in [1.165, 1.54) is 0 Å². The SMILES string of the molecule is CC(C)Nc1cncc(-c2ccc3[nH]nc(-c4cc5c([nH]4)CC=CC=C5c4cccnc4)c3n2)c1. The molecule has 6 rings (SSSR count). The lowest BCUT2D eigenvalue weighted by atomic mass is 9.99. The van der Waals surface area contributed by atoms with Crippen LogP contribution in [0.25, 0.3) is 39.3 Å². The molecular formula is C28H25N7. The molecule has 7 heteroatoms. The minimum atomic E-state index is 0.325. The number of H-pyrrole nitrogens is 2. The smallest absolute Gasteiger partial charge is 0.135 e. The Labute approximate surface area is 203 Å². The first-order chi connectivity index (χ1) is 17.2. The van der Waals surface area contributed by atoms with Gasteiger partial charge in [0.1, 0.15) is 11.2 Å². The summed E-state index contributed by atoms with van der Waals surface area (Å²) in [5.74, 6) is 0. The molecule has 172 valence electrons. The maximum atomic E-state index is 4.98. The van der Waals surface area contributed by atoms with Crippen LogP contribution in [0, 0.1) is 0 Å². The first kappa shape index (κ1) is 21.0. The topological polar surface area (TPSA) is 95.2 Å². The van der Waals surface area contributed by atoms with E-state index in [0.717, 1.165) is 68.2 Å². The van der Waals surface area contributed by atoms with Crippen molar-refractivity contribution < 1.29 is 0 Å². The number of allylic oxidation sites excluding steroid dienone is 3. The fourth-order valence-corrected chi connectivity index (χ4v) is 4.48. The molecule has 0 radical (unpaired) electrons. The van der Waals surface area contributed by atoms with E-state index in [-0.39, 0.29) is 0 Å². The average molecular weight is 460 g/mol. The van der Waals surface area contributed by atoms with Crippen molar-refractivity contribution in [3.63, 3.8) is 0 Å². The Bertz CT molecular complexity index is 1570. The number of hydrogen-bond donors (Lipinski definition) is 3. The van der Waals surface area contributed by atoms with Crippen LogP contribution in [0.1, 0.15) is 30.7 Å². The van der Waals surface area contributed by atoms with E-state index in [4.69, 9.17) is 4.98 Å². The third-order valence-electron chi connectivity index (χ3n) is 6.04. The van der Waals surface area contributed by atoms with Gasteiger partial charge in [0.2, 0.25) is 0 Å². The van der Waals surface area contributed by atoms with Crippen LogP contribution >= 0.6 is 0 Å². The number of pyridine rings is 3. The minimum absolute atomic E-state index is 0.325. The number of aromatic nitrogens is 6. The molecule has 5 aromatic rings. The average Bonchev–Trinajstić information content (AvgIpc) is 3.43. The molecule has 0 fully saturated rings. The first-order valence-electron chi connectivity index (χ1n) is 11.7. The lowest BCUT2D eigenvalue weighted by Crippen LogP contribution is -2.09. The molecule has 0 bridgehead atoms. The van der Waals surface area contributed by atoms with Crippen molar-refractivity contribution in [1.29, 1.82) is 0 Å². The van der Waals surface area contributed by atoms with Gasteiger partial charge in [0, 0.05) is 59.6 Å². The highest BCUT2D eigenvalue weighted by Gasteiger charge is 2.19. The van der Waals surface area contributed by atoms with E-state index in [1.54, 1.807) is 6.20 Å². The lowest BCUT2D eigenvalue weighted by molar-refractivity contribution is 0.898. The molecule has 5 heterocycles. The van der Waals surface area contributed by atoms with Crippen LogP contribution in [0.4, 0.5) is 5.69 Å². The van der Waals surface area contributed by atoms with E-state index in [0.29, 0.717) is 6.04 Å². The van der Waals surface area contributed by atoms with E-state index in [1.807, 2.05) is 36.8 Å². The summed E-state index contributed by atoms with van der Waals surface area (Å²) in [6.07, 6.45) is 14.6. The van der Waals surface area contributed by atoms with Crippen LogP contribution in [0.3, 0.4) is 0 Å². The molecule has 0 saturated carbocycles. The van der Waals surface area contributed by atoms with Crippen LogP contribution in [0.2, 0.25) is 0 Å². The van der Waals surface area contributed by atoms with E-state index in [2.05, 4.69) is 80.7 Å². The second-order valence-electron chi connectivity index (χ2n) is 8.96. The highest BCUT2D eigenvalue weighted by Crippen LogP contribution is 2.34. The van der Waals surface area contributed by atoms with Crippen molar-refractivity contribution in [2.24, 2.45) is 0 Å². The Hall–Kier alpha value is -4.52. The van der Waals surface area contributed by atoms with Crippen molar-refractivity contribution >= 4 is 22.3 Å². The van der Waals surface area contributed by atoms with Crippen molar-refractivity contribution in [2.45, 2.75) is 26.3 Å². The van der Waals surface area contributed by atoms with Crippen LogP contribution in [-0.4, -0.2) is 36.2 Å². The number of rotatable bonds is 5. The van der Waals surface area contributed by atoms with Crippen LogP contribution < -0.4 is 5.32 Å². The molecule has 0 unspecified atom stereocenters. The zero-order valence-corrected chi connectivity index (χ0v) is 19.6. The molecule has 0 saturated heterocycles. The quantitative estimate of drug-likeness (QED) is 0.310. The van der Waals surface area contributed by atoms with Gasteiger partial charge in [0.05, 0.1) is 22.6 Å². The minimum Gasteiger partial charge on any atom is -0.382 e. The van der Waals surface area contributed by atoms with Crippen molar-refractivity contribution in [3.8, 4) is 22.6 Å². The summed E-state index contributed by atoms with van der Waals surface area (Å²) >= 11 is 0. The monoisotopic (exact) mass is 459 g/mol. The van der Waals surface area contributed by atoms with Crippen molar-refractivity contribution in [3.05, 3.63) is 96.2 Å². The van der Waals surface area contributed by atoms with Gasteiger partial charge in [-0.15, -0.1) is 0 Å². The van der Waals surface area contributed by atoms with Gasteiger partial charge in [-0.05, 0) is 49.8 Å². The Morgan fingerprint density at radius 1 is 1.00 bits per heavy atom. The summed E-state index contributed by atoms with van der Waals surface area (Å²) < 4.78 is 0. The highest BCUT2D eigenvalue weighted by atomic mass is 15.1. The summed E-state index contributed by atoms with van der Waals surface area (Å²) in [5.41, 5.74) is 10.8. The van der Waals surface area contributed by atoms with Gasteiger partial charge >= 0.3 is 0 Å². The van der Waals surface area contributed by atoms with Gasteiger partial charge in [0.25, 0.3) is 0 Å². The summed E-state index contributed by atoms with van der Waals surface area (Å²) in [6, 6.07) is 12.6. The second kappa shape index (κ2) is 8.68. The van der Waals surface area contributed by atoms with Crippen molar-refractivity contribution in [1.82, 2.24) is 30.1 Å². The molecule has 0 aromatic carbocycles. The number of fused-ring (bicyclic) bond motifs is 2. The number of anilines is 1. The molecule has 35 heavy (non-hydrogen) atoms. The standard InChI is InChI=1S/C28H25N7/c1-17(2)31-20-12-19(15-30-16-20)23-9-10-25-27(33-23)28(35-34-25)26-13-22-21(18-6-5-11-29-14-18)7-3-4-8-24(22)32-26/h3-7,9-17,31-32H,8H2,1-2H3,(H,34,35). The summed E-state index contributed by atoms with van der Waals surface area (Å²) in [6.45, 7) is 4.22. The van der Waals surface area contributed by atoms with Crippen molar-refractivity contribution in [2.75, 3.05) is 5.32 Å². The second-order valence-corrected chi connectivity index (χ2v) is 8.96. The largest absolute Gasteiger partial charge is 0.382 e. The number of nitrogens with zero attached hydrogens (tertiary/aromatic N) is 4. The summed E-state index contributed by atoms with van der Waals surface area (Å²) in [4.78, 5) is 17.3. The number of aromatic amines is 2. The molecule has 0 spiro atoms. The van der Waals surface area contributed by atoms with Gasteiger partial charge in [-0.3, -0.25) is 15.1 Å². The van der Waals surface area contributed by atoms with Crippen LogP contribution in [0.5, 0.6) is 0 Å². The first-order valence-corrected chi connectivity index (χ1v) is 11.7. The van der Waals surface area contributed by atoms with E-state index >= 15 is 0 Å². The van der Waals surface area contributed by atoms with Gasteiger partial charge in [0.15, 0.2) is 0 Å². The highest BCUT2D eigenvalue weighted by molar-refractivity contribution is 5.92. The molecule has 0 aliphatic heterocycles.